The molecule has 0 aliphatic carbocycles. The highest BCUT2D eigenvalue weighted by molar-refractivity contribution is 6.26. The number of Topliss-reactive ketones (excluding diaryl/α,β-unsaturated/α-hetero) is 1. The number of benzene rings is 2. The topological polar surface area (TPSA) is 88.3 Å². The van der Waals surface area contributed by atoms with E-state index in [1.165, 1.54) is 11.0 Å². The molecule has 7 nitrogen and oxygen atoms in total. The summed E-state index contributed by atoms with van der Waals surface area (Å²) in [5.41, 5.74) is -3.74. The van der Waals surface area contributed by atoms with Crippen LogP contribution in [-0.2, 0) is 23.1 Å². The molecule has 1 aliphatic heterocycles. The Balaban J connectivity index is 1.68. The Hall–Kier alpha value is -3.60. The van der Waals surface area contributed by atoms with Crippen LogP contribution in [0.15, 0.2) is 48.7 Å². The van der Waals surface area contributed by atoms with Gasteiger partial charge in [0.25, 0.3) is 11.5 Å². The largest absolute Gasteiger partial charge is 0.416 e. The van der Waals surface area contributed by atoms with Gasteiger partial charge in [-0.2, -0.15) is 13.2 Å². The van der Waals surface area contributed by atoms with E-state index in [2.05, 4.69) is 10.3 Å². The van der Waals surface area contributed by atoms with Crippen LogP contribution in [0.4, 0.5) is 23.2 Å². The second-order valence-electron chi connectivity index (χ2n) is 8.59. The molecule has 2 heterocycles. The highest BCUT2D eigenvalue weighted by Gasteiger charge is 2.55. The summed E-state index contributed by atoms with van der Waals surface area (Å²) in [6.45, 7) is 3.81. The van der Waals surface area contributed by atoms with E-state index in [4.69, 9.17) is 0 Å². The third-order valence-corrected chi connectivity index (χ3v) is 6.14. The Labute approximate surface area is 198 Å². The SMILES string of the molecule is CCC(C)CN1C(=O)C(O)(c2cn(Cc3ccc(C(F)(F)F)cc3F)nn2)C(=O)c2ccccc21. The van der Waals surface area contributed by atoms with E-state index in [1.807, 2.05) is 13.8 Å². The van der Waals surface area contributed by atoms with Crippen molar-refractivity contribution in [2.24, 2.45) is 5.92 Å². The predicted molar refractivity (Wildman–Crippen MR) is 117 cm³/mol. The lowest BCUT2D eigenvalue weighted by atomic mass is 9.83. The number of carbonyl (C=O) groups is 2. The number of amides is 1. The summed E-state index contributed by atoms with van der Waals surface area (Å²) in [7, 11) is 0. The van der Waals surface area contributed by atoms with Crippen molar-refractivity contribution >= 4 is 17.4 Å². The van der Waals surface area contributed by atoms with Crippen LogP contribution in [-0.4, -0.2) is 38.3 Å². The molecule has 2 atom stereocenters. The molecule has 0 radical (unpaired) electrons. The van der Waals surface area contributed by atoms with Gasteiger partial charge in [0.15, 0.2) is 0 Å². The van der Waals surface area contributed by atoms with Crippen LogP contribution in [0.2, 0.25) is 0 Å². The van der Waals surface area contributed by atoms with Gasteiger partial charge in [-0.15, -0.1) is 5.10 Å². The van der Waals surface area contributed by atoms with Gasteiger partial charge in [-0.05, 0) is 30.2 Å². The van der Waals surface area contributed by atoms with E-state index < -0.39 is 34.8 Å². The van der Waals surface area contributed by atoms with Crippen LogP contribution in [0.1, 0.15) is 47.4 Å². The minimum atomic E-state index is -4.69. The number of fused-ring (bicyclic) bond motifs is 1. The van der Waals surface area contributed by atoms with Crippen molar-refractivity contribution in [1.82, 2.24) is 15.0 Å². The second-order valence-corrected chi connectivity index (χ2v) is 8.59. The molecule has 3 aromatic rings. The summed E-state index contributed by atoms with van der Waals surface area (Å²) >= 11 is 0. The fraction of sp³-hybridized carbons (Fsp3) is 0.333. The van der Waals surface area contributed by atoms with Gasteiger partial charge < -0.3 is 10.0 Å². The maximum absolute atomic E-state index is 14.3. The van der Waals surface area contributed by atoms with Crippen LogP contribution in [0.3, 0.4) is 0 Å². The van der Waals surface area contributed by atoms with Crippen LogP contribution >= 0.6 is 0 Å². The zero-order valence-corrected chi connectivity index (χ0v) is 18.9. The fourth-order valence-corrected chi connectivity index (χ4v) is 3.91. The van der Waals surface area contributed by atoms with E-state index in [0.717, 1.165) is 29.4 Å². The molecular formula is C24H22F4N4O3. The second kappa shape index (κ2) is 8.88. The quantitative estimate of drug-likeness (QED) is 0.418. The predicted octanol–water partition coefficient (Wildman–Crippen LogP) is 3.95. The van der Waals surface area contributed by atoms with Gasteiger partial charge in [0.1, 0.15) is 11.5 Å². The Bertz CT molecular complexity index is 1290. The minimum absolute atomic E-state index is 0.0720. The summed E-state index contributed by atoms with van der Waals surface area (Å²) in [6, 6.07) is 8.49. The summed E-state index contributed by atoms with van der Waals surface area (Å²) < 4.78 is 53.7. The Morgan fingerprint density at radius 1 is 1.14 bits per heavy atom. The third kappa shape index (κ3) is 4.31. The number of alkyl halides is 3. The first-order valence-electron chi connectivity index (χ1n) is 10.9. The molecule has 35 heavy (non-hydrogen) atoms. The lowest BCUT2D eigenvalue weighted by molar-refractivity contribution is -0.137. The van der Waals surface area contributed by atoms with Crippen LogP contribution in [0.5, 0.6) is 0 Å². The summed E-state index contributed by atoms with van der Waals surface area (Å²) in [6.07, 6.45) is -2.82. The van der Waals surface area contributed by atoms with E-state index >= 15 is 0 Å². The average Bonchev–Trinajstić information content (AvgIpc) is 3.30. The maximum Gasteiger partial charge on any atom is 0.416 e. The van der Waals surface area contributed by atoms with E-state index in [1.54, 1.807) is 18.2 Å². The van der Waals surface area contributed by atoms with E-state index in [-0.39, 0.29) is 35.8 Å². The number of anilines is 1. The third-order valence-electron chi connectivity index (χ3n) is 6.14. The number of hydrogen-bond acceptors (Lipinski definition) is 5. The van der Waals surface area contributed by atoms with Crippen LogP contribution < -0.4 is 4.90 Å². The first-order chi connectivity index (χ1) is 16.5. The highest BCUT2D eigenvalue weighted by atomic mass is 19.4. The number of carbonyl (C=O) groups excluding carboxylic acids is 2. The van der Waals surface area contributed by atoms with Gasteiger partial charge in [-0.3, -0.25) is 9.59 Å². The van der Waals surface area contributed by atoms with Crippen molar-refractivity contribution in [2.75, 3.05) is 11.4 Å². The number of nitrogens with zero attached hydrogens (tertiary/aromatic N) is 4. The zero-order valence-electron chi connectivity index (χ0n) is 18.9. The summed E-state index contributed by atoms with van der Waals surface area (Å²) in [5, 5.41) is 18.9. The molecule has 184 valence electrons. The summed E-state index contributed by atoms with van der Waals surface area (Å²) in [4.78, 5) is 28.0. The van der Waals surface area contributed by atoms with Gasteiger partial charge in [0, 0.05) is 17.7 Å². The normalized spacial score (nSPS) is 19.1. The minimum Gasteiger partial charge on any atom is -0.368 e. The molecule has 2 aromatic carbocycles. The van der Waals surface area contributed by atoms with Crippen molar-refractivity contribution < 1.29 is 32.3 Å². The molecule has 0 bridgehead atoms. The number of rotatable bonds is 6. The molecule has 1 amide bonds. The van der Waals surface area contributed by atoms with Crippen molar-refractivity contribution in [3.05, 3.63) is 76.9 Å². The van der Waals surface area contributed by atoms with Crippen molar-refractivity contribution in [3.8, 4) is 0 Å². The molecular weight excluding hydrogens is 468 g/mol. The number of hydrogen-bond donors (Lipinski definition) is 1. The molecule has 0 fully saturated rings. The van der Waals surface area contributed by atoms with Gasteiger partial charge in [0.05, 0.1) is 24.0 Å². The smallest absolute Gasteiger partial charge is 0.368 e. The lowest BCUT2D eigenvalue weighted by Gasteiger charge is -2.38. The highest BCUT2D eigenvalue weighted by Crippen LogP contribution is 2.38. The molecule has 0 saturated heterocycles. The number of para-hydroxylation sites is 1. The summed E-state index contributed by atoms with van der Waals surface area (Å²) in [5.74, 6) is -2.78. The Morgan fingerprint density at radius 2 is 1.86 bits per heavy atom. The molecule has 1 aliphatic rings. The molecule has 0 spiro atoms. The van der Waals surface area contributed by atoms with Gasteiger partial charge in [-0.25, -0.2) is 9.07 Å². The van der Waals surface area contributed by atoms with Gasteiger partial charge in [-0.1, -0.05) is 43.7 Å². The lowest BCUT2D eigenvalue weighted by Crippen LogP contribution is -2.57. The number of ketones is 1. The zero-order chi connectivity index (χ0) is 25.5. The molecule has 1 N–H and O–H groups in total. The van der Waals surface area contributed by atoms with Crippen molar-refractivity contribution in [2.45, 2.75) is 38.6 Å². The van der Waals surface area contributed by atoms with Crippen LogP contribution in [0.25, 0.3) is 0 Å². The Kier molecular flexibility index (Phi) is 6.22. The molecule has 2 unspecified atom stereocenters. The standard InChI is InChI=1S/C24H22F4N4O3/c1-3-14(2)11-32-19-7-5-4-6-17(19)21(33)23(35,22(32)34)20-13-31(30-29-20)12-15-8-9-16(10-18(15)25)24(26,27)28/h4-10,13-14,35H,3,11-12H2,1-2H3. The average molecular weight is 490 g/mol. The van der Waals surface area contributed by atoms with Gasteiger partial charge in [0.2, 0.25) is 5.78 Å². The monoisotopic (exact) mass is 490 g/mol. The van der Waals surface area contributed by atoms with Crippen LogP contribution in [0, 0.1) is 11.7 Å². The molecule has 11 heteroatoms. The van der Waals surface area contributed by atoms with Crippen molar-refractivity contribution in [3.63, 3.8) is 0 Å². The molecule has 4 rings (SSSR count). The van der Waals surface area contributed by atoms with Crippen molar-refractivity contribution in [1.29, 1.82) is 0 Å². The van der Waals surface area contributed by atoms with E-state index in [0.29, 0.717) is 11.8 Å². The number of aromatic nitrogens is 3. The van der Waals surface area contributed by atoms with Gasteiger partial charge >= 0.3 is 6.18 Å². The Morgan fingerprint density at radius 3 is 2.51 bits per heavy atom. The van der Waals surface area contributed by atoms with E-state index in [9.17, 15) is 32.3 Å². The first kappa shape index (κ1) is 24.5. The fourth-order valence-electron chi connectivity index (χ4n) is 3.91. The molecule has 0 saturated carbocycles. The number of halogens is 4. The first-order valence-corrected chi connectivity index (χ1v) is 10.9. The maximum atomic E-state index is 14.3. The number of aliphatic hydroxyl groups is 1. The molecule has 1 aromatic heterocycles.